The maximum atomic E-state index is 12.1. The Labute approximate surface area is 114 Å². The van der Waals surface area contributed by atoms with Crippen LogP contribution >= 0.6 is 27.5 Å². The Kier molecular flexibility index (Phi) is 6.47. The Morgan fingerprint density at radius 1 is 1.53 bits per heavy atom. The summed E-state index contributed by atoms with van der Waals surface area (Å²) in [5.41, 5.74) is 0.411. The monoisotopic (exact) mass is 320 g/mol. The van der Waals surface area contributed by atoms with E-state index in [-0.39, 0.29) is 5.91 Å². The first-order valence-corrected chi connectivity index (χ1v) is 6.47. The predicted molar refractivity (Wildman–Crippen MR) is 70.4 cm³/mol. The number of amides is 1. The molecule has 0 aliphatic heterocycles. The molecule has 1 aromatic heterocycles. The van der Waals surface area contributed by atoms with Gasteiger partial charge in [0.25, 0.3) is 5.91 Å². The highest BCUT2D eigenvalue weighted by atomic mass is 79.9. The van der Waals surface area contributed by atoms with Crippen LogP contribution in [0.1, 0.15) is 10.5 Å². The third-order valence-corrected chi connectivity index (χ3v) is 2.79. The molecule has 17 heavy (non-hydrogen) atoms. The van der Waals surface area contributed by atoms with E-state index in [9.17, 15) is 4.79 Å². The molecule has 0 aromatic carbocycles. The van der Waals surface area contributed by atoms with Gasteiger partial charge < -0.3 is 9.64 Å². The molecule has 4 nitrogen and oxygen atoms in total. The van der Waals surface area contributed by atoms with Gasteiger partial charge in [0.2, 0.25) is 0 Å². The largest absolute Gasteiger partial charge is 0.383 e. The standard InChI is InChI=1S/C11H14BrClN2O2/c1-17-7-6-15(5-4-13)11(16)10-3-2-9(12)8-14-10/h2-3,8H,4-7H2,1H3. The summed E-state index contributed by atoms with van der Waals surface area (Å²) < 4.78 is 5.80. The van der Waals surface area contributed by atoms with Crippen LogP contribution in [0.2, 0.25) is 0 Å². The fourth-order valence-corrected chi connectivity index (χ4v) is 1.72. The highest BCUT2D eigenvalue weighted by Gasteiger charge is 2.15. The average Bonchev–Trinajstić information content (AvgIpc) is 2.34. The topological polar surface area (TPSA) is 42.4 Å². The van der Waals surface area contributed by atoms with Crippen molar-refractivity contribution in [3.8, 4) is 0 Å². The van der Waals surface area contributed by atoms with Crippen LogP contribution in [0.15, 0.2) is 22.8 Å². The summed E-state index contributed by atoms with van der Waals surface area (Å²) in [6, 6.07) is 3.47. The Hall–Kier alpha value is -0.650. The van der Waals surface area contributed by atoms with Gasteiger partial charge in [0.05, 0.1) is 6.61 Å². The second kappa shape index (κ2) is 7.63. The fourth-order valence-electron chi connectivity index (χ4n) is 1.28. The maximum absolute atomic E-state index is 12.1. The van der Waals surface area contributed by atoms with Gasteiger partial charge in [0, 0.05) is 36.7 Å². The number of carbonyl (C=O) groups excluding carboxylic acids is 1. The van der Waals surface area contributed by atoms with Crippen LogP contribution in [0, 0.1) is 0 Å². The second-order valence-electron chi connectivity index (χ2n) is 3.34. The van der Waals surface area contributed by atoms with E-state index in [1.54, 1.807) is 30.3 Å². The molecule has 0 radical (unpaired) electrons. The first-order chi connectivity index (χ1) is 8.19. The molecule has 0 spiro atoms. The van der Waals surface area contributed by atoms with Crippen molar-refractivity contribution in [2.45, 2.75) is 0 Å². The molecule has 1 heterocycles. The molecule has 1 amide bonds. The number of carbonyl (C=O) groups is 1. The van der Waals surface area contributed by atoms with Gasteiger partial charge in [-0.05, 0) is 28.1 Å². The lowest BCUT2D eigenvalue weighted by atomic mass is 10.3. The maximum Gasteiger partial charge on any atom is 0.272 e. The lowest BCUT2D eigenvalue weighted by Crippen LogP contribution is -2.35. The lowest BCUT2D eigenvalue weighted by Gasteiger charge is -2.20. The van der Waals surface area contributed by atoms with Crippen LogP contribution in [-0.4, -0.2) is 48.5 Å². The van der Waals surface area contributed by atoms with Crippen molar-refractivity contribution in [2.75, 3.05) is 32.7 Å². The Morgan fingerprint density at radius 3 is 2.82 bits per heavy atom. The van der Waals surface area contributed by atoms with Gasteiger partial charge in [-0.1, -0.05) is 0 Å². The molecule has 94 valence electrons. The summed E-state index contributed by atoms with van der Waals surface area (Å²) in [6.07, 6.45) is 1.60. The molecule has 0 atom stereocenters. The van der Waals surface area contributed by atoms with Gasteiger partial charge in [0.15, 0.2) is 0 Å². The minimum Gasteiger partial charge on any atom is -0.383 e. The normalized spacial score (nSPS) is 10.3. The van der Waals surface area contributed by atoms with Gasteiger partial charge in [-0.2, -0.15) is 0 Å². The van der Waals surface area contributed by atoms with E-state index in [2.05, 4.69) is 20.9 Å². The summed E-state index contributed by atoms with van der Waals surface area (Å²) in [7, 11) is 1.60. The molecule has 0 aliphatic rings. The van der Waals surface area contributed by atoms with Crippen LogP contribution < -0.4 is 0 Å². The molecular formula is C11H14BrClN2O2. The van der Waals surface area contributed by atoms with Crippen LogP contribution in [-0.2, 0) is 4.74 Å². The van der Waals surface area contributed by atoms with E-state index < -0.39 is 0 Å². The molecule has 6 heteroatoms. The van der Waals surface area contributed by atoms with Crippen molar-refractivity contribution >= 4 is 33.4 Å². The number of methoxy groups -OCH3 is 1. The Morgan fingerprint density at radius 2 is 2.29 bits per heavy atom. The summed E-state index contributed by atoms with van der Waals surface area (Å²) in [5, 5.41) is 0. The summed E-state index contributed by atoms with van der Waals surface area (Å²) in [5.74, 6) is 0.265. The van der Waals surface area contributed by atoms with E-state index in [4.69, 9.17) is 16.3 Å². The third kappa shape index (κ3) is 4.61. The average molecular weight is 322 g/mol. The zero-order valence-corrected chi connectivity index (χ0v) is 11.9. The number of ether oxygens (including phenoxy) is 1. The quantitative estimate of drug-likeness (QED) is 0.754. The van der Waals surface area contributed by atoms with Crippen molar-refractivity contribution in [1.29, 1.82) is 0 Å². The first kappa shape index (κ1) is 14.4. The summed E-state index contributed by atoms with van der Waals surface area (Å²) in [4.78, 5) is 17.8. The number of hydrogen-bond acceptors (Lipinski definition) is 3. The van der Waals surface area contributed by atoms with Gasteiger partial charge >= 0.3 is 0 Å². The molecule has 1 rings (SSSR count). The minimum atomic E-state index is -0.129. The van der Waals surface area contributed by atoms with Crippen molar-refractivity contribution in [3.05, 3.63) is 28.5 Å². The molecule has 0 saturated carbocycles. The van der Waals surface area contributed by atoms with Crippen LogP contribution in [0.4, 0.5) is 0 Å². The SMILES string of the molecule is COCCN(CCCl)C(=O)c1ccc(Br)cn1. The Balaban J connectivity index is 2.72. The molecule has 0 bridgehead atoms. The number of aromatic nitrogens is 1. The zero-order valence-electron chi connectivity index (χ0n) is 9.53. The highest BCUT2D eigenvalue weighted by Crippen LogP contribution is 2.09. The van der Waals surface area contributed by atoms with Gasteiger partial charge in [-0.3, -0.25) is 4.79 Å². The van der Waals surface area contributed by atoms with Crippen molar-refractivity contribution < 1.29 is 9.53 Å². The number of rotatable bonds is 6. The second-order valence-corrected chi connectivity index (χ2v) is 4.63. The number of pyridine rings is 1. The van der Waals surface area contributed by atoms with Crippen molar-refractivity contribution in [2.24, 2.45) is 0 Å². The molecule has 0 N–H and O–H groups in total. The molecule has 0 aliphatic carbocycles. The molecule has 0 fully saturated rings. The number of halogens is 2. The molecule has 0 saturated heterocycles. The highest BCUT2D eigenvalue weighted by molar-refractivity contribution is 9.10. The molecule has 0 unspecified atom stereocenters. The van der Waals surface area contributed by atoms with E-state index >= 15 is 0 Å². The summed E-state index contributed by atoms with van der Waals surface area (Å²) in [6.45, 7) is 1.49. The fraction of sp³-hybridized carbons (Fsp3) is 0.455. The van der Waals surface area contributed by atoms with Crippen molar-refractivity contribution in [3.63, 3.8) is 0 Å². The number of hydrogen-bond donors (Lipinski definition) is 0. The first-order valence-electron chi connectivity index (χ1n) is 5.14. The van der Waals surface area contributed by atoms with Gasteiger partial charge in [-0.15, -0.1) is 11.6 Å². The van der Waals surface area contributed by atoms with E-state index in [0.717, 1.165) is 4.47 Å². The zero-order chi connectivity index (χ0) is 12.7. The molecule has 1 aromatic rings. The van der Waals surface area contributed by atoms with Crippen LogP contribution in [0.3, 0.4) is 0 Å². The lowest BCUT2D eigenvalue weighted by molar-refractivity contribution is 0.0702. The van der Waals surface area contributed by atoms with Crippen LogP contribution in [0.5, 0.6) is 0 Å². The van der Waals surface area contributed by atoms with E-state index in [1.165, 1.54) is 0 Å². The van der Waals surface area contributed by atoms with E-state index in [0.29, 0.717) is 31.3 Å². The Bertz CT molecular complexity index is 359. The molecular weight excluding hydrogens is 307 g/mol. The number of alkyl halides is 1. The van der Waals surface area contributed by atoms with Gasteiger partial charge in [-0.25, -0.2) is 4.98 Å². The van der Waals surface area contributed by atoms with E-state index in [1.807, 2.05) is 0 Å². The third-order valence-electron chi connectivity index (χ3n) is 2.15. The predicted octanol–water partition coefficient (Wildman–Crippen LogP) is 2.17. The van der Waals surface area contributed by atoms with Gasteiger partial charge in [0.1, 0.15) is 5.69 Å². The minimum absolute atomic E-state index is 0.129. The summed E-state index contributed by atoms with van der Waals surface area (Å²) >= 11 is 8.95. The van der Waals surface area contributed by atoms with Crippen molar-refractivity contribution in [1.82, 2.24) is 9.88 Å². The smallest absolute Gasteiger partial charge is 0.272 e. The van der Waals surface area contributed by atoms with Crippen LogP contribution in [0.25, 0.3) is 0 Å². The number of nitrogens with zero attached hydrogens (tertiary/aromatic N) is 2.